The van der Waals surface area contributed by atoms with Crippen LogP contribution in [-0.2, 0) is 6.54 Å². The van der Waals surface area contributed by atoms with Crippen LogP contribution < -0.4 is 5.32 Å². The Morgan fingerprint density at radius 1 is 1.11 bits per heavy atom. The number of nitrogens with zero attached hydrogens (tertiary/aromatic N) is 3. The predicted octanol–water partition coefficient (Wildman–Crippen LogP) is 2.55. The number of rotatable bonds is 4. The summed E-state index contributed by atoms with van der Waals surface area (Å²) >= 11 is 3.36. The third kappa shape index (κ3) is 2.91. The smallest absolute Gasteiger partial charge is 0.178 e. The van der Waals surface area contributed by atoms with Crippen molar-refractivity contribution < 1.29 is 0 Å². The molecule has 18 heavy (non-hydrogen) atoms. The highest BCUT2D eigenvalue weighted by atomic mass is 79.9. The lowest BCUT2D eigenvalue weighted by Crippen LogP contribution is -2.15. The first-order chi connectivity index (χ1) is 8.81. The topological polar surface area (TPSA) is 50.7 Å². The largest absolute Gasteiger partial charge is 0.310 e. The van der Waals surface area contributed by atoms with Crippen LogP contribution in [0.3, 0.4) is 0 Å². The highest BCUT2D eigenvalue weighted by Gasteiger charge is 2.19. The third-order valence-corrected chi connectivity index (χ3v) is 3.30. The maximum absolute atomic E-state index is 4.35. The molecule has 2 aromatic rings. The van der Waals surface area contributed by atoms with Gasteiger partial charge < -0.3 is 5.32 Å². The second-order valence-corrected chi connectivity index (χ2v) is 5.35. The predicted molar refractivity (Wildman–Crippen MR) is 72.8 cm³/mol. The van der Waals surface area contributed by atoms with E-state index in [-0.39, 0.29) is 0 Å². The van der Waals surface area contributed by atoms with Crippen molar-refractivity contribution >= 4 is 15.9 Å². The molecule has 1 N–H and O–H groups in total. The Kier molecular flexibility index (Phi) is 3.34. The molecule has 0 spiro atoms. The van der Waals surface area contributed by atoms with Gasteiger partial charge in [0, 0.05) is 41.2 Å². The van der Waals surface area contributed by atoms with Gasteiger partial charge >= 0.3 is 0 Å². The molecule has 2 heterocycles. The highest BCUT2D eigenvalue weighted by Crippen LogP contribution is 2.19. The number of pyridine rings is 1. The standard InChI is InChI=1S/C13H13BrN4/c14-10-1-4-12(16-8-10)13-17-6-9(7-18-13)5-15-11-2-3-11/h1,4,6-8,11,15H,2-3,5H2. The first-order valence-corrected chi connectivity index (χ1v) is 6.77. The Hall–Kier alpha value is -1.33. The zero-order valence-corrected chi connectivity index (χ0v) is 11.4. The van der Waals surface area contributed by atoms with Crippen molar-refractivity contribution in [1.29, 1.82) is 0 Å². The van der Waals surface area contributed by atoms with E-state index in [1.165, 1.54) is 12.8 Å². The van der Waals surface area contributed by atoms with E-state index in [0.29, 0.717) is 11.9 Å². The molecule has 0 radical (unpaired) electrons. The maximum Gasteiger partial charge on any atom is 0.178 e. The van der Waals surface area contributed by atoms with E-state index >= 15 is 0 Å². The Bertz CT molecular complexity index is 520. The highest BCUT2D eigenvalue weighted by molar-refractivity contribution is 9.10. The van der Waals surface area contributed by atoms with Gasteiger partial charge in [0.2, 0.25) is 0 Å². The number of halogens is 1. The molecule has 1 aliphatic rings. The second kappa shape index (κ2) is 5.12. The molecule has 0 atom stereocenters. The van der Waals surface area contributed by atoms with Gasteiger partial charge in [-0.2, -0.15) is 0 Å². The molecule has 1 fully saturated rings. The SMILES string of the molecule is Brc1ccc(-c2ncc(CNC3CC3)cn2)nc1. The van der Waals surface area contributed by atoms with E-state index in [1.54, 1.807) is 6.20 Å². The molecule has 0 amide bonds. The summed E-state index contributed by atoms with van der Waals surface area (Å²) in [4.78, 5) is 13.0. The summed E-state index contributed by atoms with van der Waals surface area (Å²) in [5, 5.41) is 3.44. The summed E-state index contributed by atoms with van der Waals surface area (Å²) in [6.45, 7) is 0.846. The number of nitrogens with one attached hydrogen (secondary N) is 1. The van der Waals surface area contributed by atoms with Crippen LogP contribution in [0, 0.1) is 0 Å². The molecular weight excluding hydrogens is 292 g/mol. The van der Waals surface area contributed by atoms with Crippen molar-refractivity contribution in [2.75, 3.05) is 0 Å². The van der Waals surface area contributed by atoms with Crippen LogP contribution in [0.15, 0.2) is 35.2 Å². The van der Waals surface area contributed by atoms with Gasteiger partial charge in [-0.15, -0.1) is 0 Å². The normalized spacial score (nSPS) is 14.7. The minimum Gasteiger partial charge on any atom is -0.310 e. The van der Waals surface area contributed by atoms with Gasteiger partial charge in [0.15, 0.2) is 5.82 Å². The fraction of sp³-hybridized carbons (Fsp3) is 0.308. The molecule has 0 saturated heterocycles. The molecule has 92 valence electrons. The van der Waals surface area contributed by atoms with E-state index in [0.717, 1.165) is 22.3 Å². The van der Waals surface area contributed by atoms with Crippen molar-refractivity contribution in [3.63, 3.8) is 0 Å². The zero-order valence-electron chi connectivity index (χ0n) is 9.81. The fourth-order valence-corrected chi connectivity index (χ4v) is 1.87. The first kappa shape index (κ1) is 11.7. The molecule has 0 aliphatic heterocycles. The van der Waals surface area contributed by atoms with E-state index < -0.39 is 0 Å². The summed E-state index contributed by atoms with van der Waals surface area (Å²) in [6.07, 6.45) is 8.06. The van der Waals surface area contributed by atoms with Crippen molar-refractivity contribution in [2.24, 2.45) is 0 Å². The molecule has 3 rings (SSSR count). The number of aromatic nitrogens is 3. The van der Waals surface area contributed by atoms with Crippen LogP contribution in [-0.4, -0.2) is 21.0 Å². The molecule has 5 heteroatoms. The zero-order chi connectivity index (χ0) is 12.4. The molecule has 0 unspecified atom stereocenters. The lowest BCUT2D eigenvalue weighted by molar-refractivity contribution is 0.683. The van der Waals surface area contributed by atoms with Crippen LogP contribution in [0.2, 0.25) is 0 Å². The molecule has 0 bridgehead atoms. The molecule has 0 aromatic carbocycles. The van der Waals surface area contributed by atoms with E-state index in [4.69, 9.17) is 0 Å². The van der Waals surface area contributed by atoms with Crippen LogP contribution >= 0.6 is 15.9 Å². The minimum atomic E-state index is 0.665. The van der Waals surface area contributed by atoms with Gasteiger partial charge in [-0.25, -0.2) is 9.97 Å². The van der Waals surface area contributed by atoms with Gasteiger partial charge in [0.25, 0.3) is 0 Å². The van der Waals surface area contributed by atoms with Crippen LogP contribution in [0.4, 0.5) is 0 Å². The Morgan fingerprint density at radius 3 is 2.50 bits per heavy atom. The van der Waals surface area contributed by atoms with E-state index in [9.17, 15) is 0 Å². The van der Waals surface area contributed by atoms with Crippen LogP contribution in [0.1, 0.15) is 18.4 Å². The monoisotopic (exact) mass is 304 g/mol. The van der Waals surface area contributed by atoms with Crippen molar-refractivity contribution in [2.45, 2.75) is 25.4 Å². The quantitative estimate of drug-likeness (QED) is 0.943. The van der Waals surface area contributed by atoms with E-state index in [2.05, 4.69) is 36.2 Å². The Labute approximate surface area is 114 Å². The number of hydrogen-bond acceptors (Lipinski definition) is 4. The summed E-state index contributed by atoms with van der Waals surface area (Å²) in [5.74, 6) is 0.665. The maximum atomic E-state index is 4.35. The fourth-order valence-electron chi connectivity index (χ4n) is 1.64. The van der Waals surface area contributed by atoms with Crippen LogP contribution in [0.5, 0.6) is 0 Å². The van der Waals surface area contributed by atoms with Crippen molar-refractivity contribution in [3.8, 4) is 11.5 Å². The van der Waals surface area contributed by atoms with Crippen molar-refractivity contribution in [1.82, 2.24) is 20.3 Å². The first-order valence-electron chi connectivity index (χ1n) is 5.97. The molecule has 1 saturated carbocycles. The van der Waals surface area contributed by atoms with Gasteiger partial charge in [-0.3, -0.25) is 4.98 Å². The van der Waals surface area contributed by atoms with E-state index in [1.807, 2.05) is 24.5 Å². The Morgan fingerprint density at radius 2 is 1.89 bits per heavy atom. The summed E-state index contributed by atoms with van der Waals surface area (Å²) in [7, 11) is 0. The number of hydrogen-bond donors (Lipinski definition) is 1. The van der Waals surface area contributed by atoms with Crippen molar-refractivity contribution in [3.05, 3.63) is 40.8 Å². The van der Waals surface area contributed by atoms with Gasteiger partial charge in [0.1, 0.15) is 5.69 Å². The third-order valence-electron chi connectivity index (χ3n) is 2.83. The summed E-state index contributed by atoms with van der Waals surface area (Å²) in [5.41, 5.74) is 1.91. The lowest BCUT2D eigenvalue weighted by Gasteiger charge is -2.03. The van der Waals surface area contributed by atoms with Gasteiger partial charge in [-0.1, -0.05) is 0 Å². The minimum absolute atomic E-state index is 0.665. The van der Waals surface area contributed by atoms with Gasteiger partial charge in [-0.05, 0) is 40.9 Å². The molecular formula is C13H13BrN4. The van der Waals surface area contributed by atoms with Gasteiger partial charge in [0.05, 0.1) is 0 Å². The average Bonchev–Trinajstić information content (AvgIpc) is 3.22. The molecule has 1 aliphatic carbocycles. The average molecular weight is 305 g/mol. The van der Waals surface area contributed by atoms with Crippen LogP contribution in [0.25, 0.3) is 11.5 Å². The summed E-state index contributed by atoms with van der Waals surface area (Å²) < 4.78 is 0.955. The summed E-state index contributed by atoms with van der Waals surface area (Å²) in [6, 6.07) is 4.55. The molecule has 2 aromatic heterocycles. The lowest BCUT2D eigenvalue weighted by atomic mass is 10.3. The molecule has 4 nitrogen and oxygen atoms in total. The second-order valence-electron chi connectivity index (χ2n) is 4.43. The Balaban J connectivity index is 1.71.